The van der Waals surface area contributed by atoms with Crippen molar-refractivity contribution < 1.29 is 14.3 Å². The minimum absolute atomic E-state index is 0.0927. The Hall–Kier alpha value is -2.53. The van der Waals surface area contributed by atoms with Gasteiger partial charge in [-0.2, -0.15) is 0 Å². The summed E-state index contributed by atoms with van der Waals surface area (Å²) in [5.41, 5.74) is 5.64. The number of amides is 1. The van der Waals surface area contributed by atoms with Crippen LogP contribution < -0.4 is 14.8 Å². The molecule has 0 saturated heterocycles. The van der Waals surface area contributed by atoms with Gasteiger partial charge in [-0.3, -0.25) is 4.79 Å². The highest BCUT2D eigenvalue weighted by Gasteiger charge is 2.24. The van der Waals surface area contributed by atoms with Gasteiger partial charge in [0.15, 0.2) is 11.5 Å². The maximum Gasteiger partial charge on any atom is 0.254 e. The topological polar surface area (TPSA) is 50.8 Å². The van der Waals surface area contributed by atoms with E-state index in [4.69, 9.17) is 9.47 Å². The molecule has 0 saturated carbocycles. The van der Waals surface area contributed by atoms with Gasteiger partial charge in [-0.15, -0.1) is 0 Å². The minimum atomic E-state index is 0.0927. The molecule has 2 heterocycles. The molecule has 2 aromatic carbocycles. The number of ether oxygens (including phenoxy) is 2. The van der Waals surface area contributed by atoms with Gasteiger partial charge in [0.05, 0.1) is 14.2 Å². The van der Waals surface area contributed by atoms with Crippen molar-refractivity contribution in [2.75, 3.05) is 20.8 Å². The Balaban J connectivity index is 1.58. The maximum atomic E-state index is 12.9. The van der Waals surface area contributed by atoms with Crippen molar-refractivity contribution in [2.24, 2.45) is 0 Å². The zero-order valence-electron chi connectivity index (χ0n) is 14.6. The predicted octanol–water partition coefficient (Wildman–Crippen LogP) is 2.51. The van der Waals surface area contributed by atoms with E-state index in [2.05, 4.69) is 11.4 Å². The second-order valence-electron chi connectivity index (χ2n) is 6.54. The van der Waals surface area contributed by atoms with Crippen LogP contribution in [0, 0.1) is 0 Å². The summed E-state index contributed by atoms with van der Waals surface area (Å²) in [6.45, 7) is 3.05. The van der Waals surface area contributed by atoms with Crippen molar-refractivity contribution in [1.29, 1.82) is 0 Å². The number of carbonyl (C=O) groups is 1. The van der Waals surface area contributed by atoms with Gasteiger partial charge in [-0.25, -0.2) is 0 Å². The van der Waals surface area contributed by atoms with E-state index in [1.54, 1.807) is 14.2 Å². The Labute approximate surface area is 147 Å². The lowest BCUT2D eigenvalue weighted by Gasteiger charge is -2.30. The number of hydrogen-bond acceptors (Lipinski definition) is 4. The number of nitrogens with zero attached hydrogens (tertiary/aromatic N) is 1. The van der Waals surface area contributed by atoms with Crippen molar-refractivity contribution in [3.05, 3.63) is 58.1 Å². The molecule has 5 nitrogen and oxygen atoms in total. The molecule has 0 fully saturated rings. The maximum absolute atomic E-state index is 12.9. The fourth-order valence-corrected chi connectivity index (χ4v) is 3.67. The lowest BCUT2D eigenvalue weighted by Crippen LogP contribution is -2.36. The van der Waals surface area contributed by atoms with Crippen LogP contribution >= 0.6 is 0 Å². The highest BCUT2D eigenvalue weighted by Crippen LogP contribution is 2.33. The van der Waals surface area contributed by atoms with Crippen molar-refractivity contribution in [1.82, 2.24) is 10.2 Å². The molecule has 1 amide bonds. The molecule has 2 aliphatic heterocycles. The molecular formula is C20H22N2O3. The fraction of sp³-hybridized carbons (Fsp3) is 0.350. The first-order chi connectivity index (χ1) is 12.2. The number of rotatable bonds is 3. The van der Waals surface area contributed by atoms with E-state index < -0.39 is 0 Å². The average Bonchev–Trinajstić information content (AvgIpc) is 3.13. The monoisotopic (exact) mass is 338 g/mol. The van der Waals surface area contributed by atoms with Crippen molar-refractivity contribution in [3.63, 3.8) is 0 Å². The van der Waals surface area contributed by atoms with E-state index in [0.717, 1.165) is 42.9 Å². The van der Waals surface area contributed by atoms with Crippen molar-refractivity contribution in [3.8, 4) is 11.5 Å². The normalized spacial score (nSPS) is 15.5. The largest absolute Gasteiger partial charge is 0.493 e. The third-order valence-electron chi connectivity index (χ3n) is 5.09. The summed E-state index contributed by atoms with van der Waals surface area (Å²) >= 11 is 0. The molecule has 25 heavy (non-hydrogen) atoms. The number of hydrogen-bond donors (Lipinski definition) is 1. The van der Waals surface area contributed by atoms with Crippen LogP contribution in [0.5, 0.6) is 11.5 Å². The van der Waals surface area contributed by atoms with Gasteiger partial charge in [-0.1, -0.05) is 6.07 Å². The average molecular weight is 338 g/mol. The highest BCUT2D eigenvalue weighted by molar-refractivity contribution is 5.94. The van der Waals surface area contributed by atoms with Gasteiger partial charge in [0.2, 0.25) is 0 Å². The molecule has 0 unspecified atom stereocenters. The van der Waals surface area contributed by atoms with Crippen molar-refractivity contribution in [2.45, 2.75) is 26.1 Å². The molecule has 130 valence electrons. The van der Waals surface area contributed by atoms with Gasteiger partial charge >= 0.3 is 0 Å². The van der Waals surface area contributed by atoms with E-state index >= 15 is 0 Å². The number of fused-ring (bicyclic) bond motifs is 2. The Morgan fingerprint density at radius 1 is 0.960 bits per heavy atom. The molecule has 5 heteroatoms. The van der Waals surface area contributed by atoms with Crippen molar-refractivity contribution >= 4 is 5.91 Å². The van der Waals surface area contributed by atoms with Crippen LogP contribution in [0.15, 0.2) is 30.3 Å². The van der Waals surface area contributed by atoms with Gasteiger partial charge in [0.25, 0.3) is 5.91 Å². The summed E-state index contributed by atoms with van der Waals surface area (Å²) in [5.74, 6) is 1.54. The standard InChI is InChI=1S/C20H22N2O3/c1-24-18-8-13-5-6-22(12-17(13)9-19(18)25-2)20(23)14-3-4-15-10-21-11-16(15)7-14/h3-4,7-9,21H,5-6,10-12H2,1-2H3. The third kappa shape index (κ3) is 2.85. The van der Waals surface area contributed by atoms with E-state index in [1.807, 2.05) is 29.2 Å². The lowest BCUT2D eigenvalue weighted by molar-refractivity contribution is 0.0734. The Kier molecular flexibility index (Phi) is 4.09. The SMILES string of the molecule is COc1cc2c(cc1OC)CN(C(=O)c1ccc3c(c1)CNC3)CC2. The van der Waals surface area contributed by atoms with Gasteiger partial charge in [-0.05, 0) is 52.9 Å². The molecule has 1 N–H and O–H groups in total. The number of methoxy groups -OCH3 is 2. The van der Waals surface area contributed by atoms with E-state index in [1.165, 1.54) is 16.7 Å². The summed E-state index contributed by atoms with van der Waals surface area (Å²) in [5, 5.41) is 3.32. The molecule has 2 aliphatic rings. The van der Waals surface area contributed by atoms with Crippen LogP contribution in [0.3, 0.4) is 0 Å². The summed E-state index contributed by atoms with van der Waals surface area (Å²) in [6, 6.07) is 10.0. The number of benzene rings is 2. The molecule has 0 aliphatic carbocycles. The van der Waals surface area contributed by atoms with Gasteiger partial charge in [0, 0.05) is 31.7 Å². The van der Waals surface area contributed by atoms with Gasteiger partial charge < -0.3 is 19.7 Å². The second-order valence-corrected chi connectivity index (χ2v) is 6.54. The van der Waals surface area contributed by atoms with Crippen LogP contribution in [-0.2, 0) is 26.1 Å². The van der Waals surface area contributed by atoms with Gasteiger partial charge in [0.1, 0.15) is 0 Å². The minimum Gasteiger partial charge on any atom is -0.493 e. The lowest BCUT2D eigenvalue weighted by atomic mass is 9.97. The molecule has 2 aromatic rings. The van der Waals surface area contributed by atoms with E-state index in [0.29, 0.717) is 12.3 Å². The molecule has 0 bridgehead atoms. The van der Waals surface area contributed by atoms with Crippen LogP contribution in [0.2, 0.25) is 0 Å². The fourth-order valence-electron chi connectivity index (χ4n) is 3.67. The van der Waals surface area contributed by atoms with E-state index in [-0.39, 0.29) is 5.91 Å². The highest BCUT2D eigenvalue weighted by atomic mass is 16.5. The summed E-state index contributed by atoms with van der Waals surface area (Å²) in [6.07, 6.45) is 0.827. The first-order valence-electron chi connectivity index (χ1n) is 8.55. The Bertz CT molecular complexity index is 832. The molecule has 0 atom stereocenters. The van der Waals surface area contributed by atoms with E-state index in [9.17, 15) is 4.79 Å². The summed E-state index contributed by atoms with van der Waals surface area (Å²) in [7, 11) is 3.28. The Morgan fingerprint density at radius 3 is 2.44 bits per heavy atom. The van der Waals surface area contributed by atoms with Crippen LogP contribution in [0.4, 0.5) is 0 Å². The molecule has 0 radical (unpaired) electrons. The second kappa shape index (κ2) is 6.41. The zero-order chi connectivity index (χ0) is 17.4. The zero-order valence-corrected chi connectivity index (χ0v) is 14.6. The summed E-state index contributed by atoms with van der Waals surface area (Å²) in [4.78, 5) is 14.9. The third-order valence-corrected chi connectivity index (χ3v) is 5.09. The molecular weight excluding hydrogens is 316 g/mol. The Morgan fingerprint density at radius 2 is 1.68 bits per heavy atom. The number of nitrogens with one attached hydrogen (secondary N) is 1. The first-order valence-corrected chi connectivity index (χ1v) is 8.55. The van der Waals surface area contributed by atoms with Crippen LogP contribution in [0.25, 0.3) is 0 Å². The smallest absolute Gasteiger partial charge is 0.254 e. The predicted molar refractivity (Wildman–Crippen MR) is 95.0 cm³/mol. The first kappa shape index (κ1) is 16.0. The van der Waals surface area contributed by atoms with Crippen LogP contribution in [0.1, 0.15) is 32.6 Å². The summed E-state index contributed by atoms with van der Waals surface area (Å²) < 4.78 is 10.8. The number of carbonyl (C=O) groups excluding carboxylic acids is 1. The quantitative estimate of drug-likeness (QED) is 0.934. The molecule has 0 aromatic heterocycles. The van der Waals surface area contributed by atoms with Crippen LogP contribution in [-0.4, -0.2) is 31.6 Å². The molecule has 0 spiro atoms. The molecule has 4 rings (SSSR count).